The Kier molecular flexibility index (Phi) is 4.29. The second-order valence-corrected chi connectivity index (χ2v) is 6.04. The van der Waals surface area contributed by atoms with Crippen LogP contribution in [0.1, 0.15) is 52.9 Å². The van der Waals surface area contributed by atoms with Crippen molar-refractivity contribution < 1.29 is 9.47 Å². The summed E-state index contributed by atoms with van der Waals surface area (Å²) in [6, 6.07) is 0. The van der Waals surface area contributed by atoms with E-state index in [1.165, 1.54) is 18.4 Å². The Bertz CT molecular complexity index is 330. The van der Waals surface area contributed by atoms with Gasteiger partial charge in [0.05, 0.1) is 12.2 Å². The molecule has 4 atom stereocenters. The summed E-state index contributed by atoms with van der Waals surface area (Å²) in [5.41, 5.74) is 1.32. The third-order valence-electron chi connectivity index (χ3n) is 4.07. The highest BCUT2D eigenvalue weighted by Crippen LogP contribution is 2.41. The van der Waals surface area contributed by atoms with E-state index in [-0.39, 0.29) is 18.0 Å². The Morgan fingerprint density at radius 3 is 2.67 bits per heavy atom. The van der Waals surface area contributed by atoms with E-state index in [0.29, 0.717) is 5.92 Å². The van der Waals surface area contributed by atoms with Gasteiger partial charge in [0.1, 0.15) is 0 Å². The van der Waals surface area contributed by atoms with Crippen LogP contribution in [0.4, 0.5) is 0 Å². The summed E-state index contributed by atoms with van der Waals surface area (Å²) in [5.74, 6) is 0.235. The number of hydrogen-bond acceptors (Lipinski definition) is 2. The van der Waals surface area contributed by atoms with Crippen LogP contribution in [0.3, 0.4) is 0 Å². The molecule has 0 aliphatic carbocycles. The van der Waals surface area contributed by atoms with E-state index in [2.05, 4.69) is 33.4 Å². The van der Waals surface area contributed by atoms with Crippen molar-refractivity contribution in [3.05, 3.63) is 24.3 Å². The average molecular weight is 250 g/mol. The first-order valence-electron chi connectivity index (χ1n) is 7.18. The highest BCUT2D eigenvalue weighted by Gasteiger charge is 2.43. The van der Waals surface area contributed by atoms with Gasteiger partial charge in [0.2, 0.25) is 0 Å². The predicted molar refractivity (Wildman–Crippen MR) is 74.4 cm³/mol. The molecule has 1 spiro atoms. The van der Waals surface area contributed by atoms with E-state index in [9.17, 15) is 0 Å². The number of ether oxygens (including phenoxy) is 2. The molecule has 2 rings (SSSR count). The molecule has 0 aromatic carbocycles. The maximum Gasteiger partial charge on any atom is 0.169 e. The molecule has 2 aliphatic rings. The van der Waals surface area contributed by atoms with Crippen LogP contribution in [0.5, 0.6) is 0 Å². The van der Waals surface area contributed by atoms with Crippen molar-refractivity contribution in [2.24, 2.45) is 5.92 Å². The molecule has 0 amide bonds. The van der Waals surface area contributed by atoms with E-state index in [0.717, 1.165) is 19.3 Å². The maximum atomic E-state index is 6.32. The maximum absolute atomic E-state index is 6.32. The van der Waals surface area contributed by atoms with Crippen molar-refractivity contribution in [2.45, 2.75) is 70.9 Å². The van der Waals surface area contributed by atoms with Gasteiger partial charge in [-0.25, -0.2) is 0 Å². The SMILES string of the molecule is C=C[C@@H]1CCC[C@]2(CC[C@H](C)[C@@H](C=C(C)C)O2)O1. The first-order chi connectivity index (χ1) is 8.54. The molecule has 0 aromatic rings. The molecule has 0 radical (unpaired) electrons. The van der Waals surface area contributed by atoms with Gasteiger partial charge in [-0.1, -0.05) is 24.6 Å². The third kappa shape index (κ3) is 3.04. The fourth-order valence-corrected chi connectivity index (χ4v) is 2.96. The topological polar surface area (TPSA) is 18.5 Å². The van der Waals surface area contributed by atoms with Crippen LogP contribution >= 0.6 is 0 Å². The molecule has 18 heavy (non-hydrogen) atoms. The summed E-state index contributed by atoms with van der Waals surface area (Å²) in [4.78, 5) is 0. The molecule has 0 unspecified atom stereocenters. The Labute approximate surface area is 111 Å². The molecule has 2 heterocycles. The van der Waals surface area contributed by atoms with E-state index in [4.69, 9.17) is 9.47 Å². The first-order valence-corrected chi connectivity index (χ1v) is 7.18. The lowest BCUT2D eigenvalue weighted by Gasteiger charge is -2.47. The van der Waals surface area contributed by atoms with Gasteiger partial charge in [-0.3, -0.25) is 0 Å². The van der Waals surface area contributed by atoms with Gasteiger partial charge in [0.25, 0.3) is 0 Å². The minimum absolute atomic E-state index is 0.166. The molecular formula is C16H26O2. The zero-order valence-electron chi connectivity index (χ0n) is 11.9. The summed E-state index contributed by atoms with van der Waals surface area (Å²) in [6.45, 7) is 10.4. The van der Waals surface area contributed by atoms with Crippen molar-refractivity contribution in [3.63, 3.8) is 0 Å². The largest absolute Gasteiger partial charge is 0.343 e. The monoisotopic (exact) mass is 250 g/mol. The van der Waals surface area contributed by atoms with Gasteiger partial charge in [0, 0.05) is 12.8 Å². The number of hydrogen-bond donors (Lipinski definition) is 0. The van der Waals surface area contributed by atoms with Crippen LogP contribution in [0, 0.1) is 5.92 Å². The molecule has 0 N–H and O–H groups in total. The lowest BCUT2D eigenvalue weighted by atomic mass is 9.87. The van der Waals surface area contributed by atoms with E-state index in [1.807, 2.05) is 6.08 Å². The molecule has 0 aromatic heterocycles. The fraction of sp³-hybridized carbons (Fsp3) is 0.750. The molecule has 2 fully saturated rings. The average Bonchev–Trinajstić information content (AvgIpc) is 2.34. The second kappa shape index (κ2) is 5.58. The van der Waals surface area contributed by atoms with Gasteiger partial charge < -0.3 is 9.47 Å². The minimum atomic E-state index is -0.347. The van der Waals surface area contributed by atoms with E-state index in [1.54, 1.807) is 0 Å². The molecule has 2 saturated heterocycles. The molecular weight excluding hydrogens is 224 g/mol. The van der Waals surface area contributed by atoms with E-state index >= 15 is 0 Å². The molecule has 102 valence electrons. The smallest absolute Gasteiger partial charge is 0.169 e. The standard InChI is InChI=1S/C16H26O2/c1-5-14-7-6-9-16(17-14)10-8-13(4)15(18-16)11-12(2)3/h5,11,13-15H,1,6-10H2,2-4H3/t13-,14+,15+,16-/m0/s1. The fourth-order valence-electron chi connectivity index (χ4n) is 2.96. The molecule has 0 saturated carbocycles. The van der Waals surface area contributed by atoms with Crippen LogP contribution < -0.4 is 0 Å². The van der Waals surface area contributed by atoms with Gasteiger partial charge >= 0.3 is 0 Å². The summed E-state index contributed by atoms with van der Waals surface area (Å²) < 4.78 is 12.5. The van der Waals surface area contributed by atoms with Gasteiger partial charge in [-0.05, 0) is 39.0 Å². The predicted octanol–water partition coefficient (Wildman–Crippen LogP) is 4.22. The summed E-state index contributed by atoms with van der Waals surface area (Å²) in [6.07, 6.45) is 10.0. The Balaban J connectivity index is 2.09. The normalized spacial score (nSPS) is 40.5. The highest BCUT2D eigenvalue weighted by atomic mass is 16.7. The summed E-state index contributed by atoms with van der Waals surface area (Å²) in [7, 11) is 0. The van der Waals surface area contributed by atoms with Crippen LogP contribution in [0.2, 0.25) is 0 Å². The van der Waals surface area contributed by atoms with Gasteiger partial charge in [-0.2, -0.15) is 0 Å². The van der Waals surface area contributed by atoms with Crippen molar-refractivity contribution in [2.75, 3.05) is 0 Å². The number of allylic oxidation sites excluding steroid dienone is 1. The van der Waals surface area contributed by atoms with Gasteiger partial charge in [-0.15, -0.1) is 6.58 Å². The second-order valence-electron chi connectivity index (χ2n) is 6.04. The molecule has 2 aliphatic heterocycles. The Hall–Kier alpha value is -0.600. The van der Waals surface area contributed by atoms with Gasteiger partial charge in [0.15, 0.2) is 5.79 Å². The summed E-state index contributed by atoms with van der Waals surface area (Å²) >= 11 is 0. The van der Waals surface area contributed by atoms with Crippen LogP contribution in [0.25, 0.3) is 0 Å². The van der Waals surface area contributed by atoms with Crippen molar-refractivity contribution >= 4 is 0 Å². The lowest BCUT2D eigenvalue weighted by molar-refractivity contribution is -0.308. The van der Waals surface area contributed by atoms with Crippen LogP contribution in [-0.4, -0.2) is 18.0 Å². The van der Waals surface area contributed by atoms with Crippen molar-refractivity contribution in [3.8, 4) is 0 Å². The molecule has 2 nitrogen and oxygen atoms in total. The molecule has 2 heteroatoms. The van der Waals surface area contributed by atoms with Crippen molar-refractivity contribution in [1.29, 1.82) is 0 Å². The Morgan fingerprint density at radius 1 is 1.22 bits per heavy atom. The van der Waals surface area contributed by atoms with E-state index < -0.39 is 0 Å². The van der Waals surface area contributed by atoms with Crippen LogP contribution in [0.15, 0.2) is 24.3 Å². The van der Waals surface area contributed by atoms with Crippen LogP contribution in [-0.2, 0) is 9.47 Å². The molecule has 0 bridgehead atoms. The third-order valence-corrected chi connectivity index (χ3v) is 4.07. The quantitative estimate of drug-likeness (QED) is 0.683. The Morgan fingerprint density at radius 2 is 2.00 bits per heavy atom. The summed E-state index contributed by atoms with van der Waals surface area (Å²) in [5, 5.41) is 0. The zero-order valence-corrected chi connectivity index (χ0v) is 11.9. The number of rotatable bonds is 2. The highest BCUT2D eigenvalue weighted by molar-refractivity contribution is 5.03. The zero-order chi connectivity index (χ0) is 13.2. The minimum Gasteiger partial charge on any atom is -0.343 e. The first kappa shape index (κ1) is 13.8. The lowest BCUT2D eigenvalue weighted by Crippen LogP contribution is -2.49. The van der Waals surface area contributed by atoms with Crippen molar-refractivity contribution in [1.82, 2.24) is 0 Å².